The smallest absolute Gasteiger partial charge is 0.103 e. The van der Waals surface area contributed by atoms with E-state index in [2.05, 4.69) is 140 Å². The molecule has 1 aliphatic rings. The summed E-state index contributed by atoms with van der Waals surface area (Å²) in [6.07, 6.45) is 6.69. The number of nitrogens with zero attached hydrogens (tertiary/aromatic N) is 1. The van der Waals surface area contributed by atoms with Crippen molar-refractivity contribution in [2.24, 2.45) is 0 Å². The summed E-state index contributed by atoms with van der Waals surface area (Å²) in [5.41, 5.74) is 1.98. The topological polar surface area (TPSA) is 12.5 Å². The summed E-state index contributed by atoms with van der Waals surface area (Å²) in [5.74, 6) is 0. The highest BCUT2D eigenvalue weighted by Gasteiger charge is 2.35. The van der Waals surface area contributed by atoms with Crippen LogP contribution in [0.3, 0.4) is 0 Å². The number of benzene rings is 4. The first kappa shape index (κ1) is 27.2. The van der Waals surface area contributed by atoms with E-state index in [-0.39, 0.29) is 12.1 Å². The Morgan fingerprint density at radius 2 is 1.08 bits per heavy atom. The largest absolute Gasteiger partial charge is 0.340 e. The predicted molar refractivity (Wildman–Crippen MR) is 166 cm³/mol. The minimum Gasteiger partial charge on any atom is -0.340 e. The van der Waals surface area contributed by atoms with Crippen LogP contribution in [0.25, 0.3) is 0 Å². The van der Waals surface area contributed by atoms with Gasteiger partial charge in [0.1, 0.15) is 6.10 Å². The molecule has 0 radical (unpaired) electrons. The van der Waals surface area contributed by atoms with Crippen LogP contribution in [0.4, 0.5) is 0 Å². The summed E-state index contributed by atoms with van der Waals surface area (Å²) in [7, 11) is 0.903. The number of hydrogen-bond donors (Lipinski definition) is 0. The van der Waals surface area contributed by atoms with Crippen LogP contribution >= 0.6 is 16.2 Å². The van der Waals surface area contributed by atoms with Gasteiger partial charge < -0.3 is 4.52 Å². The van der Waals surface area contributed by atoms with Crippen molar-refractivity contribution in [3.63, 3.8) is 0 Å². The van der Waals surface area contributed by atoms with Crippen molar-refractivity contribution in [1.82, 2.24) is 4.67 Å². The maximum atomic E-state index is 7.30. The predicted octanol–water partition coefficient (Wildman–Crippen LogP) is 8.17. The molecule has 0 amide bonds. The maximum Gasteiger partial charge on any atom is 0.103 e. The van der Waals surface area contributed by atoms with Crippen molar-refractivity contribution in [2.75, 3.05) is 7.05 Å². The lowest BCUT2D eigenvalue weighted by molar-refractivity contribution is 0.153. The van der Waals surface area contributed by atoms with Crippen molar-refractivity contribution >= 4 is 32.1 Å². The highest BCUT2D eigenvalue weighted by Crippen LogP contribution is 2.53. The Morgan fingerprint density at radius 3 is 1.58 bits per heavy atom. The van der Waals surface area contributed by atoms with Crippen LogP contribution in [0.15, 0.2) is 121 Å². The van der Waals surface area contributed by atoms with Gasteiger partial charge in [0.05, 0.1) is 8.15 Å². The minimum absolute atomic E-state index is 0.0509. The summed E-state index contributed by atoms with van der Waals surface area (Å²) >= 11 is 0. The lowest BCUT2D eigenvalue weighted by Gasteiger charge is -2.43. The van der Waals surface area contributed by atoms with Crippen molar-refractivity contribution in [3.05, 3.63) is 127 Å². The molecular weight excluding hydrogens is 500 g/mol. The van der Waals surface area contributed by atoms with Gasteiger partial charge in [-0.3, -0.25) is 4.67 Å². The fraction of sp³-hybridized carbons (Fsp3) is 0.294. The molecule has 1 saturated carbocycles. The third-order valence-corrected chi connectivity index (χ3v) is 12.7. The van der Waals surface area contributed by atoms with Gasteiger partial charge in [-0.15, -0.1) is 0 Å². The van der Waals surface area contributed by atoms with Gasteiger partial charge in [-0.2, -0.15) is 0 Å². The molecule has 2 nitrogen and oxygen atoms in total. The highest BCUT2D eigenvalue weighted by molar-refractivity contribution is 7.68. The third kappa shape index (κ3) is 6.62. The molecule has 0 bridgehead atoms. The van der Waals surface area contributed by atoms with E-state index in [9.17, 15) is 0 Å². The monoisotopic (exact) mass is 539 g/mol. The summed E-state index contributed by atoms with van der Waals surface area (Å²) in [6, 6.07) is 43.9. The minimum atomic E-state index is -0.979. The average Bonchev–Trinajstić information content (AvgIpc) is 3.00. The molecule has 0 heterocycles. The van der Waals surface area contributed by atoms with Crippen molar-refractivity contribution in [3.8, 4) is 0 Å². The molecule has 0 N–H and O–H groups in total. The number of rotatable bonds is 10. The Balaban J connectivity index is 1.52. The van der Waals surface area contributed by atoms with Gasteiger partial charge in [-0.25, -0.2) is 0 Å². The molecule has 4 aromatic rings. The average molecular weight is 540 g/mol. The molecular formula is C34H39NOP2. The first-order valence-electron chi connectivity index (χ1n) is 13.9. The molecule has 5 rings (SSSR count). The Kier molecular flexibility index (Phi) is 9.77. The van der Waals surface area contributed by atoms with Crippen LogP contribution in [-0.4, -0.2) is 23.4 Å². The summed E-state index contributed by atoms with van der Waals surface area (Å²) in [6.45, 7) is 2.38. The van der Waals surface area contributed by atoms with E-state index in [0.29, 0.717) is 0 Å². The maximum absolute atomic E-state index is 7.30. The van der Waals surface area contributed by atoms with Crippen molar-refractivity contribution in [1.29, 1.82) is 0 Å². The molecule has 3 atom stereocenters. The Hall–Kier alpha value is -2.34. The first-order chi connectivity index (χ1) is 18.7. The molecule has 0 aromatic heterocycles. The molecule has 196 valence electrons. The fourth-order valence-electron chi connectivity index (χ4n) is 5.53. The van der Waals surface area contributed by atoms with Crippen LogP contribution in [-0.2, 0) is 4.52 Å². The van der Waals surface area contributed by atoms with Gasteiger partial charge in [-0.05, 0) is 51.4 Å². The van der Waals surface area contributed by atoms with Crippen LogP contribution < -0.4 is 15.9 Å². The Labute approximate surface area is 231 Å². The van der Waals surface area contributed by atoms with Gasteiger partial charge in [-0.1, -0.05) is 141 Å². The zero-order valence-corrected chi connectivity index (χ0v) is 24.4. The van der Waals surface area contributed by atoms with Crippen LogP contribution in [0.2, 0.25) is 0 Å². The van der Waals surface area contributed by atoms with Gasteiger partial charge >= 0.3 is 0 Å². The SMILES string of the molecule is C[C@H]([C@@H](OP(c1ccccc1)c1ccccc1)c1ccccc1)N(C)[P@@](c1ccccc1)C1CCCCC1. The molecule has 0 unspecified atom stereocenters. The first-order valence-corrected chi connectivity index (χ1v) is 16.5. The third-order valence-electron chi connectivity index (χ3n) is 7.64. The zero-order valence-electron chi connectivity index (χ0n) is 22.6. The fourth-order valence-corrected chi connectivity index (χ4v) is 10.6. The van der Waals surface area contributed by atoms with E-state index in [4.69, 9.17) is 4.52 Å². The molecule has 1 aliphatic carbocycles. The lowest BCUT2D eigenvalue weighted by Crippen LogP contribution is -2.38. The van der Waals surface area contributed by atoms with Gasteiger partial charge in [0.25, 0.3) is 0 Å². The summed E-state index contributed by atoms with van der Waals surface area (Å²) < 4.78 is 9.98. The van der Waals surface area contributed by atoms with E-state index >= 15 is 0 Å². The molecule has 0 saturated heterocycles. The number of hydrogen-bond acceptors (Lipinski definition) is 2. The zero-order chi connectivity index (χ0) is 26.2. The molecule has 0 aliphatic heterocycles. The second-order valence-electron chi connectivity index (χ2n) is 10.2. The molecule has 0 spiro atoms. The van der Waals surface area contributed by atoms with Crippen molar-refractivity contribution < 1.29 is 4.52 Å². The standard InChI is InChI=1S/C34H39NOP2/c1-28(35(2)37(30-20-10-4-11-21-30)31-22-12-5-13-23-31)34(29-18-8-3-9-19-29)36-38(32-24-14-6-15-25-32)33-26-16-7-17-27-33/h3-4,6-11,14-21,24-28,31,34H,5,12-13,22-23H2,1-2H3/t28-,34-,37+/m1/s1. The van der Waals surface area contributed by atoms with E-state index in [1.165, 1.54) is 53.6 Å². The van der Waals surface area contributed by atoms with E-state index in [1.807, 2.05) is 0 Å². The van der Waals surface area contributed by atoms with Crippen molar-refractivity contribution in [2.45, 2.75) is 56.8 Å². The van der Waals surface area contributed by atoms with Gasteiger partial charge in [0.2, 0.25) is 0 Å². The number of likely N-dealkylation sites (N-methyl/N-ethyl adjacent to an activating group) is 1. The highest BCUT2D eigenvalue weighted by atomic mass is 31.1. The normalized spacial score (nSPS) is 16.8. The summed E-state index contributed by atoms with van der Waals surface area (Å²) in [4.78, 5) is 0. The van der Waals surface area contributed by atoms with Gasteiger partial charge in [0, 0.05) is 16.7 Å². The Morgan fingerprint density at radius 1 is 0.632 bits per heavy atom. The van der Waals surface area contributed by atoms with E-state index < -0.39 is 16.2 Å². The molecule has 38 heavy (non-hydrogen) atoms. The Bertz CT molecular complexity index is 1180. The van der Waals surface area contributed by atoms with E-state index in [1.54, 1.807) is 0 Å². The lowest BCUT2D eigenvalue weighted by atomic mass is 10.0. The molecule has 4 aromatic carbocycles. The van der Waals surface area contributed by atoms with Crippen LogP contribution in [0, 0.1) is 0 Å². The second kappa shape index (κ2) is 13.6. The van der Waals surface area contributed by atoms with E-state index in [0.717, 1.165) is 5.66 Å². The summed E-state index contributed by atoms with van der Waals surface area (Å²) in [5, 5.41) is 3.99. The molecule has 1 fully saturated rings. The van der Waals surface area contributed by atoms with Crippen LogP contribution in [0.5, 0.6) is 0 Å². The van der Waals surface area contributed by atoms with Crippen LogP contribution in [0.1, 0.15) is 50.7 Å². The quantitative estimate of drug-likeness (QED) is 0.189. The molecule has 4 heteroatoms. The second-order valence-corrected chi connectivity index (χ2v) is 14.6. The van der Waals surface area contributed by atoms with Gasteiger partial charge in [0.15, 0.2) is 0 Å².